The molecule has 1 unspecified atom stereocenters. The predicted molar refractivity (Wildman–Crippen MR) is 74.5 cm³/mol. The Hall–Kier alpha value is -1.68. The third-order valence-corrected chi connectivity index (χ3v) is 2.94. The number of ketones is 1. The second-order valence-corrected chi connectivity index (χ2v) is 4.67. The van der Waals surface area contributed by atoms with Crippen LogP contribution in [0.4, 0.5) is 0 Å². The average Bonchev–Trinajstić information content (AvgIpc) is 2.39. The van der Waals surface area contributed by atoms with E-state index in [9.17, 15) is 9.59 Å². The van der Waals surface area contributed by atoms with Crippen LogP contribution in [0.1, 0.15) is 42.1 Å². The molecule has 0 aliphatic rings. The lowest BCUT2D eigenvalue weighted by Crippen LogP contribution is -2.37. The van der Waals surface area contributed by atoms with Crippen molar-refractivity contribution in [2.75, 3.05) is 6.54 Å². The highest BCUT2D eigenvalue weighted by molar-refractivity contribution is 6.00. The molecular formula is C15H21NO3. The van der Waals surface area contributed by atoms with Gasteiger partial charge in [0.05, 0.1) is 6.04 Å². The molecule has 1 aromatic rings. The van der Waals surface area contributed by atoms with Crippen molar-refractivity contribution in [1.82, 2.24) is 5.32 Å². The first-order valence-corrected chi connectivity index (χ1v) is 6.60. The van der Waals surface area contributed by atoms with Gasteiger partial charge in [-0.25, -0.2) is 0 Å². The number of hydrogen-bond acceptors (Lipinski definition) is 3. The van der Waals surface area contributed by atoms with Crippen LogP contribution in [0, 0.1) is 6.92 Å². The summed E-state index contributed by atoms with van der Waals surface area (Å²) in [4.78, 5) is 23.0. The van der Waals surface area contributed by atoms with Crippen LogP contribution >= 0.6 is 0 Å². The topological polar surface area (TPSA) is 66.4 Å². The number of carboxylic acids is 1. The molecule has 0 radical (unpaired) electrons. The van der Waals surface area contributed by atoms with Crippen LogP contribution in [-0.4, -0.2) is 29.4 Å². The average molecular weight is 263 g/mol. The maximum atomic E-state index is 12.3. The highest BCUT2D eigenvalue weighted by Gasteiger charge is 2.20. The number of hydrogen-bond donors (Lipinski definition) is 2. The molecular weight excluding hydrogens is 242 g/mol. The van der Waals surface area contributed by atoms with Crippen LogP contribution in [0.2, 0.25) is 0 Å². The minimum atomic E-state index is -0.875. The van der Waals surface area contributed by atoms with Gasteiger partial charge in [0.2, 0.25) is 0 Å². The Bertz CT molecular complexity index is 426. The fraction of sp³-hybridized carbons (Fsp3) is 0.467. The van der Waals surface area contributed by atoms with Crippen molar-refractivity contribution in [2.45, 2.75) is 39.2 Å². The van der Waals surface area contributed by atoms with Crippen molar-refractivity contribution in [3.8, 4) is 0 Å². The van der Waals surface area contributed by atoms with E-state index in [1.165, 1.54) is 0 Å². The molecule has 2 N–H and O–H groups in total. The molecule has 0 spiro atoms. The largest absolute Gasteiger partial charge is 0.481 e. The Kier molecular flexibility index (Phi) is 6.22. The van der Waals surface area contributed by atoms with Crippen LogP contribution in [0.3, 0.4) is 0 Å². The number of carbonyl (C=O) groups is 2. The minimum absolute atomic E-state index is 0.00101. The molecule has 4 nitrogen and oxygen atoms in total. The number of Topliss-reactive ketones (excluding diaryl/α,β-unsaturated/α-hetero) is 1. The first-order valence-electron chi connectivity index (χ1n) is 6.60. The molecule has 0 aliphatic heterocycles. The quantitative estimate of drug-likeness (QED) is 0.707. The molecule has 1 atom stereocenters. The van der Waals surface area contributed by atoms with Crippen molar-refractivity contribution in [2.24, 2.45) is 0 Å². The van der Waals surface area contributed by atoms with Crippen molar-refractivity contribution < 1.29 is 14.7 Å². The Labute approximate surface area is 113 Å². The van der Waals surface area contributed by atoms with Crippen molar-refractivity contribution in [1.29, 1.82) is 0 Å². The number of aryl methyl sites for hydroxylation is 1. The summed E-state index contributed by atoms with van der Waals surface area (Å²) in [6.45, 7) is 4.69. The van der Waals surface area contributed by atoms with E-state index >= 15 is 0 Å². The zero-order valence-corrected chi connectivity index (χ0v) is 11.5. The molecule has 4 heteroatoms. The van der Waals surface area contributed by atoms with E-state index < -0.39 is 12.0 Å². The smallest absolute Gasteiger partial charge is 0.303 e. The van der Waals surface area contributed by atoms with E-state index in [-0.39, 0.29) is 12.2 Å². The molecule has 0 heterocycles. The number of carbonyl (C=O) groups excluding carboxylic acids is 1. The van der Waals surface area contributed by atoms with E-state index in [2.05, 4.69) is 5.32 Å². The first-order chi connectivity index (χ1) is 9.04. The molecule has 0 bridgehead atoms. The van der Waals surface area contributed by atoms with Gasteiger partial charge < -0.3 is 10.4 Å². The van der Waals surface area contributed by atoms with Crippen molar-refractivity contribution in [3.05, 3.63) is 35.4 Å². The fourth-order valence-corrected chi connectivity index (χ4v) is 1.83. The Morgan fingerprint density at radius 2 is 1.89 bits per heavy atom. The number of rotatable bonds is 8. The summed E-state index contributed by atoms with van der Waals surface area (Å²) in [6.07, 6.45) is 1.23. The second kappa shape index (κ2) is 7.69. The Morgan fingerprint density at radius 3 is 2.42 bits per heavy atom. The lowest BCUT2D eigenvalue weighted by atomic mass is 9.99. The van der Waals surface area contributed by atoms with Crippen LogP contribution in [-0.2, 0) is 4.79 Å². The van der Waals surface area contributed by atoms with Gasteiger partial charge in [0.25, 0.3) is 0 Å². The van der Waals surface area contributed by atoms with E-state index in [1.807, 2.05) is 26.0 Å². The minimum Gasteiger partial charge on any atom is -0.481 e. The van der Waals surface area contributed by atoms with Gasteiger partial charge in [-0.1, -0.05) is 36.8 Å². The second-order valence-electron chi connectivity index (χ2n) is 4.67. The maximum Gasteiger partial charge on any atom is 0.303 e. The highest BCUT2D eigenvalue weighted by Crippen LogP contribution is 2.10. The Balaban J connectivity index is 2.74. The molecule has 0 amide bonds. The van der Waals surface area contributed by atoms with Crippen LogP contribution in [0.25, 0.3) is 0 Å². The summed E-state index contributed by atoms with van der Waals surface area (Å²) in [6, 6.07) is 6.94. The van der Waals surface area contributed by atoms with Crippen LogP contribution in [0.5, 0.6) is 0 Å². The number of nitrogens with one attached hydrogen (secondary N) is 1. The number of carboxylic acid groups (broad SMARTS) is 1. The maximum absolute atomic E-state index is 12.3. The predicted octanol–water partition coefficient (Wildman–Crippen LogP) is 2.41. The van der Waals surface area contributed by atoms with Gasteiger partial charge in [0.15, 0.2) is 5.78 Å². The molecule has 1 rings (SSSR count). The van der Waals surface area contributed by atoms with Gasteiger partial charge in [0, 0.05) is 12.0 Å². The van der Waals surface area contributed by atoms with E-state index in [4.69, 9.17) is 5.11 Å². The summed E-state index contributed by atoms with van der Waals surface area (Å²) >= 11 is 0. The lowest BCUT2D eigenvalue weighted by Gasteiger charge is -2.16. The molecule has 0 fully saturated rings. The Morgan fingerprint density at radius 1 is 1.26 bits per heavy atom. The van der Waals surface area contributed by atoms with Gasteiger partial charge in [-0.05, 0) is 26.3 Å². The molecule has 19 heavy (non-hydrogen) atoms. The molecule has 0 aromatic heterocycles. The normalized spacial score (nSPS) is 12.1. The standard InChI is InChI=1S/C15H21NO3/c1-3-10-16-13(8-9-14(17)18)15(19)12-6-4-11(2)5-7-12/h4-7,13,16H,3,8-10H2,1-2H3,(H,17,18). The lowest BCUT2D eigenvalue weighted by molar-refractivity contribution is -0.137. The van der Waals surface area contributed by atoms with Gasteiger partial charge >= 0.3 is 5.97 Å². The summed E-state index contributed by atoms with van der Waals surface area (Å²) < 4.78 is 0. The molecule has 1 aromatic carbocycles. The summed E-state index contributed by atoms with van der Waals surface area (Å²) in [7, 11) is 0. The third-order valence-electron chi connectivity index (χ3n) is 2.94. The van der Waals surface area contributed by atoms with Gasteiger partial charge in [-0.15, -0.1) is 0 Å². The summed E-state index contributed by atoms with van der Waals surface area (Å²) in [5.74, 6) is -0.908. The van der Waals surface area contributed by atoms with Crippen LogP contribution < -0.4 is 5.32 Å². The van der Waals surface area contributed by atoms with Crippen LogP contribution in [0.15, 0.2) is 24.3 Å². The van der Waals surface area contributed by atoms with E-state index in [0.717, 1.165) is 12.0 Å². The van der Waals surface area contributed by atoms with E-state index in [1.54, 1.807) is 12.1 Å². The first kappa shape index (κ1) is 15.4. The van der Waals surface area contributed by atoms with Gasteiger partial charge in [-0.3, -0.25) is 9.59 Å². The fourth-order valence-electron chi connectivity index (χ4n) is 1.83. The molecule has 0 saturated heterocycles. The summed E-state index contributed by atoms with van der Waals surface area (Å²) in [5.41, 5.74) is 1.73. The SMILES string of the molecule is CCCNC(CCC(=O)O)C(=O)c1ccc(C)cc1. The van der Waals surface area contributed by atoms with E-state index in [0.29, 0.717) is 18.5 Å². The number of aliphatic carboxylic acids is 1. The van der Waals surface area contributed by atoms with Crippen molar-refractivity contribution >= 4 is 11.8 Å². The highest BCUT2D eigenvalue weighted by atomic mass is 16.4. The zero-order valence-electron chi connectivity index (χ0n) is 11.5. The number of benzene rings is 1. The zero-order chi connectivity index (χ0) is 14.3. The van der Waals surface area contributed by atoms with Gasteiger partial charge in [-0.2, -0.15) is 0 Å². The molecule has 0 saturated carbocycles. The summed E-state index contributed by atoms with van der Waals surface area (Å²) in [5, 5.41) is 11.9. The molecule has 104 valence electrons. The molecule has 0 aliphatic carbocycles. The third kappa shape index (κ3) is 5.22. The van der Waals surface area contributed by atoms with Gasteiger partial charge in [0.1, 0.15) is 0 Å². The van der Waals surface area contributed by atoms with Crippen molar-refractivity contribution in [3.63, 3.8) is 0 Å². The monoisotopic (exact) mass is 263 g/mol.